The lowest BCUT2D eigenvalue weighted by Gasteiger charge is -2.22. The average molecular weight is 328 g/mol. The summed E-state index contributed by atoms with van der Waals surface area (Å²) in [5.74, 6) is -0.697. The lowest BCUT2D eigenvalue weighted by Crippen LogP contribution is -2.28. The van der Waals surface area contributed by atoms with Crippen LogP contribution in [0.5, 0.6) is 0 Å². The number of aromatic nitrogens is 1. The minimum absolute atomic E-state index is 0.0471. The summed E-state index contributed by atoms with van der Waals surface area (Å²) >= 11 is 1.27. The van der Waals surface area contributed by atoms with Crippen molar-refractivity contribution in [2.75, 3.05) is 24.6 Å². The normalized spacial score (nSPS) is 10.8. The molecular formula is C15H24N2O4S. The molecular weight excluding hydrogens is 304 g/mol. The zero-order valence-corrected chi connectivity index (χ0v) is 14.4. The number of nitrogens with zero attached hydrogens (tertiary/aromatic N) is 2. The van der Waals surface area contributed by atoms with Crippen LogP contribution in [0.4, 0.5) is 5.13 Å². The minimum atomic E-state index is -0.839. The summed E-state index contributed by atoms with van der Waals surface area (Å²) in [5, 5.41) is 9.57. The second-order valence-corrected chi connectivity index (χ2v) is 6.42. The second kappa shape index (κ2) is 8.73. The highest BCUT2D eigenvalue weighted by atomic mass is 32.1. The van der Waals surface area contributed by atoms with Gasteiger partial charge in [0, 0.05) is 13.1 Å². The van der Waals surface area contributed by atoms with E-state index in [1.54, 1.807) is 13.8 Å². The first-order valence-electron chi connectivity index (χ1n) is 7.46. The molecule has 0 fully saturated rings. The lowest BCUT2D eigenvalue weighted by atomic mass is 10.1. The van der Waals surface area contributed by atoms with Crippen LogP contribution in [-0.2, 0) is 9.53 Å². The fourth-order valence-corrected chi connectivity index (χ4v) is 2.86. The SMILES string of the molecule is CCOC(=O)c1sc(N(CCC(=O)O)CCC(C)C)nc1C. The molecule has 1 heterocycles. The van der Waals surface area contributed by atoms with E-state index in [9.17, 15) is 9.59 Å². The quantitative estimate of drug-likeness (QED) is 0.702. The first-order valence-corrected chi connectivity index (χ1v) is 8.28. The van der Waals surface area contributed by atoms with Crippen LogP contribution in [0.15, 0.2) is 0 Å². The van der Waals surface area contributed by atoms with Crippen LogP contribution in [0.1, 0.15) is 49.0 Å². The van der Waals surface area contributed by atoms with Gasteiger partial charge in [-0.3, -0.25) is 4.79 Å². The van der Waals surface area contributed by atoms with E-state index in [4.69, 9.17) is 9.84 Å². The Morgan fingerprint density at radius 3 is 2.59 bits per heavy atom. The maximum absolute atomic E-state index is 11.9. The van der Waals surface area contributed by atoms with Gasteiger partial charge >= 0.3 is 11.9 Å². The van der Waals surface area contributed by atoms with Gasteiger partial charge in [-0.05, 0) is 26.2 Å². The first kappa shape index (κ1) is 18.4. The third-order valence-electron chi connectivity index (χ3n) is 3.09. The van der Waals surface area contributed by atoms with E-state index in [2.05, 4.69) is 18.8 Å². The Kier molecular flexibility index (Phi) is 7.31. The molecule has 0 saturated heterocycles. The van der Waals surface area contributed by atoms with Gasteiger partial charge in [-0.25, -0.2) is 9.78 Å². The van der Waals surface area contributed by atoms with Gasteiger partial charge in [-0.2, -0.15) is 0 Å². The molecule has 1 aromatic heterocycles. The van der Waals surface area contributed by atoms with Crippen molar-refractivity contribution in [3.05, 3.63) is 10.6 Å². The molecule has 1 rings (SSSR count). The number of esters is 1. The minimum Gasteiger partial charge on any atom is -0.481 e. The van der Waals surface area contributed by atoms with Crippen LogP contribution in [0, 0.1) is 12.8 Å². The molecule has 0 atom stereocenters. The predicted molar refractivity (Wildman–Crippen MR) is 86.7 cm³/mol. The summed E-state index contributed by atoms with van der Waals surface area (Å²) in [6.07, 6.45) is 0.985. The van der Waals surface area contributed by atoms with Crippen LogP contribution in [0.25, 0.3) is 0 Å². The standard InChI is InChI=1S/C15H24N2O4S/c1-5-21-14(20)13-11(4)16-15(22-13)17(8-6-10(2)3)9-7-12(18)19/h10H,5-9H2,1-4H3,(H,18,19). The number of aliphatic carboxylic acids is 1. The van der Waals surface area contributed by atoms with E-state index in [1.807, 2.05) is 4.90 Å². The van der Waals surface area contributed by atoms with Crippen molar-refractivity contribution < 1.29 is 19.4 Å². The van der Waals surface area contributed by atoms with Gasteiger partial charge in [0.1, 0.15) is 4.88 Å². The molecule has 0 unspecified atom stereocenters. The van der Waals surface area contributed by atoms with E-state index >= 15 is 0 Å². The largest absolute Gasteiger partial charge is 0.481 e. The number of rotatable bonds is 9. The van der Waals surface area contributed by atoms with Crippen LogP contribution < -0.4 is 4.90 Å². The van der Waals surface area contributed by atoms with Crippen molar-refractivity contribution in [2.24, 2.45) is 5.92 Å². The first-order chi connectivity index (χ1) is 10.3. The molecule has 0 aliphatic rings. The van der Waals surface area contributed by atoms with E-state index in [0.29, 0.717) is 34.8 Å². The summed E-state index contributed by atoms with van der Waals surface area (Å²) in [4.78, 5) is 29.5. The molecule has 7 heteroatoms. The van der Waals surface area contributed by atoms with Crippen LogP contribution >= 0.6 is 11.3 Å². The summed E-state index contributed by atoms with van der Waals surface area (Å²) in [6.45, 7) is 9.19. The Bertz CT molecular complexity index is 514. The number of carbonyl (C=O) groups is 2. The highest BCUT2D eigenvalue weighted by Crippen LogP contribution is 2.27. The van der Waals surface area contributed by atoms with Crippen LogP contribution in [0.2, 0.25) is 0 Å². The zero-order valence-electron chi connectivity index (χ0n) is 13.6. The number of hydrogen-bond donors (Lipinski definition) is 1. The van der Waals surface area contributed by atoms with Gasteiger partial charge in [-0.15, -0.1) is 0 Å². The molecule has 0 amide bonds. The highest BCUT2D eigenvalue weighted by Gasteiger charge is 2.20. The summed E-state index contributed by atoms with van der Waals surface area (Å²) < 4.78 is 5.02. The van der Waals surface area contributed by atoms with E-state index in [0.717, 1.165) is 13.0 Å². The molecule has 0 bridgehead atoms. The molecule has 22 heavy (non-hydrogen) atoms. The number of thiazole rings is 1. The topological polar surface area (TPSA) is 79.7 Å². The van der Waals surface area contributed by atoms with Gasteiger partial charge in [-0.1, -0.05) is 25.2 Å². The Hall–Kier alpha value is -1.63. The maximum atomic E-state index is 11.9. The third-order valence-corrected chi connectivity index (χ3v) is 4.29. The molecule has 1 N–H and O–H groups in total. The zero-order chi connectivity index (χ0) is 16.7. The third kappa shape index (κ3) is 5.63. The number of carboxylic acids is 1. The smallest absolute Gasteiger partial charge is 0.350 e. The molecule has 1 aromatic rings. The van der Waals surface area contributed by atoms with Crippen molar-refractivity contribution in [1.29, 1.82) is 0 Å². The van der Waals surface area contributed by atoms with Crippen molar-refractivity contribution >= 4 is 28.4 Å². The molecule has 0 aliphatic carbocycles. The maximum Gasteiger partial charge on any atom is 0.350 e. The number of anilines is 1. The van der Waals surface area contributed by atoms with E-state index in [1.165, 1.54) is 11.3 Å². The molecule has 0 aromatic carbocycles. The molecule has 0 spiro atoms. The fraction of sp³-hybridized carbons (Fsp3) is 0.667. The van der Waals surface area contributed by atoms with E-state index in [-0.39, 0.29) is 12.4 Å². The number of aryl methyl sites for hydroxylation is 1. The monoisotopic (exact) mass is 328 g/mol. The Morgan fingerprint density at radius 1 is 1.36 bits per heavy atom. The van der Waals surface area contributed by atoms with Crippen LogP contribution in [0.3, 0.4) is 0 Å². The van der Waals surface area contributed by atoms with Crippen molar-refractivity contribution in [3.8, 4) is 0 Å². The number of carboxylic acid groups (broad SMARTS) is 1. The Balaban J connectivity index is 2.90. The van der Waals surface area contributed by atoms with Crippen molar-refractivity contribution in [1.82, 2.24) is 4.98 Å². The molecule has 0 saturated carbocycles. The van der Waals surface area contributed by atoms with Gasteiger partial charge in [0.15, 0.2) is 5.13 Å². The summed E-state index contributed by atoms with van der Waals surface area (Å²) in [6, 6.07) is 0. The van der Waals surface area contributed by atoms with Crippen LogP contribution in [-0.4, -0.2) is 41.7 Å². The molecule has 0 radical (unpaired) electrons. The number of carbonyl (C=O) groups excluding carboxylic acids is 1. The second-order valence-electron chi connectivity index (χ2n) is 5.44. The average Bonchev–Trinajstić information content (AvgIpc) is 2.80. The molecule has 0 aliphatic heterocycles. The lowest BCUT2D eigenvalue weighted by molar-refractivity contribution is -0.136. The van der Waals surface area contributed by atoms with Gasteiger partial charge < -0.3 is 14.7 Å². The molecule has 124 valence electrons. The van der Waals surface area contributed by atoms with Gasteiger partial charge in [0.25, 0.3) is 0 Å². The summed E-state index contributed by atoms with van der Waals surface area (Å²) in [5.41, 5.74) is 0.628. The Labute approximate surface area is 135 Å². The predicted octanol–water partition coefficient (Wildman–Crippen LogP) is 2.96. The number of ether oxygens (including phenoxy) is 1. The van der Waals surface area contributed by atoms with Gasteiger partial charge in [0.2, 0.25) is 0 Å². The summed E-state index contributed by atoms with van der Waals surface area (Å²) in [7, 11) is 0. The number of hydrogen-bond acceptors (Lipinski definition) is 6. The van der Waals surface area contributed by atoms with Crippen molar-refractivity contribution in [3.63, 3.8) is 0 Å². The van der Waals surface area contributed by atoms with Crippen molar-refractivity contribution in [2.45, 2.75) is 40.5 Å². The van der Waals surface area contributed by atoms with Gasteiger partial charge in [0.05, 0.1) is 18.7 Å². The fourth-order valence-electron chi connectivity index (χ4n) is 1.85. The molecule has 6 nitrogen and oxygen atoms in total. The Morgan fingerprint density at radius 2 is 2.05 bits per heavy atom. The van der Waals surface area contributed by atoms with E-state index < -0.39 is 5.97 Å². The highest BCUT2D eigenvalue weighted by molar-refractivity contribution is 7.17.